The van der Waals surface area contributed by atoms with Crippen LogP contribution in [0.2, 0.25) is 0 Å². The molecule has 0 aliphatic carbocycles. The largest absolute Gasteiger partial charge is 0.378 e. The number of anilines is 1. The molecule has 0 atom stereocenters. The quantitative estimate of drug-likeness (QED) is 0.814. The van der Waals surface area contributed by atoms with Crippen molar-refractivity contribution in [2.24, 2.45) is 0 Å². The highest BCUT2D eigenvalue weighted by Gasteiger charge is 2.17. The summed E-state index contributed by atoms with van der Waals surface area (Å²) < 4.78 is 5.98. The van der Waals surface area contributed by atoms with Crippen LogP contribution in [0.25, 0.3) is 0 Å². The average Bonchev–Trinajstić information content (AvgIpc) is 3.08. The Morgan fingerprint density at radius 2 is 2.00 bits per heavy atom. The lowest BCUT2D eigenvalue weighted by Crippen LogP contribution is -2.46. The monoisotopic (exact) mass is 309 g/mol. The standard InChI is InChI=1S/C16H27N3OS/c1(12-20-16-2-5-17-6-3-16)7-18-8-10-19(11-9-18)15-4-13-21-14-15/h4,13-14,16-17H,1-3,5-12H2. The van der Waals surface area contributed by atoms with Gasteiger partial charge in [-0.25, -0.2) is 0 Å². The molecule has 0 bridgehead atoms. The van der Waals surface area contributed by atoms with Crippen LogP contribution < -0.4 is 10.2 Å². The summed E-state index contributed by atoms with van der Waals surface area (Å²) in [5.41, 5.74) is 1.40. The third-order valence-corrected chi connectivity index (χ3v) is 5.17. The number of thiophene rings is 1. The minimum Gasteiger partial charge on any atom is -0.378 e. The molecule has 2 saturated heterocycles. The summed E-state index contributed by atoms with van der Waals surface area (Å²) in [7, 11) is 0. The van der Waals surface area contributed by atoms with E-state index in [0.717, 1.165) is 32.8 Å². The third kappa shape index (κ3) is 4.68. The SMILES string of the molecule is c1cc(N2CCN(CCCOC3CCNCC3)CC2)cs1. The summed E-state index contributed by atoms with van der Waals surface area (Å²) in [5.74, 6) is 0. The molecule has 1 aromatic heterocycles. The molecule has 0 radical (unpaired) electrons. The minimum atomic E-state index is 0.502. The van der Waals surface area contributed by atoms with Crippen molar-refractivity contribution in [3.63, 3.8) is 0 Å². The minimum absolute atomic E-state index is 0.502. The van der Waals surface area contributed by atoms with E-state index >= 15 is 0 Å². The van der Waals surface area contributed by atoms with Gasteiger partial charge >= 0.3 is 0 Å². The Bertz CT molecular complexity index is 384. The second-order valence-corrected chi connectivity index (χ2v) is 6.76. The van der Waals surface area contributed by atoms with Crippen molar-refractivity contribution >= 4 is 17.0 Å². The van der Waals surface area contributed by atoms with Gasteiger partial charge in [0.05, 0.1) is 6.10 Å². The van der Waals surface area contributed by atoms with E-state index in [1.165, 1.54) is 44.6 Å². The van der Waals surface area contributed by atoms with Gasteiger partial charge in [-0.2, -0.15) is 11.3 Å². The van der Waals surface area contributed by atoms with Gasteiger partial charge < -0.3 is 15.0 Å². The highest BCUT2D eigenvalue weighted by Crippen LogP contribution is 2.19. The molecule has 3 heterocycles. The molecule has 4 nitrogen and oxygen atoms in total. The van der Waals surface area contributed by atoms with Gasteiger partial charge in [-0.1, -0.05) is 0 Å². The molecule has 2 fully saturated rings. The van der Waals surface area contributed by atoms with E-state index in [1.807, 2.05) is 0 Å². The summed E-state index contributed by atoms with van der Waals surface area (Å²) in [4.78, 5) is 5.08. The molecule has 0 saturated carbocycles. The maximum Gasteiger partial charge on any atom is 0.0599 e. The number of hydrogen-bond acceptors (Lipinski definition) is 5. The Morgan fingerprint density at radius 1 is 1.19 bits per heavy atom. The number of ether oxygens (including phenoxy) is 1. The molecule has 0 amide bonds. The zero-order chi connectivity index (χ0) is 14.3. The zero-order valence-electron chi connectivity index (χ0n) is 12.8. The van der Waals surface area contributed by atoms with Crippen LogP contribution in [-0.2, 0) is 4.74 Å². The second-order valence-electron chi connectivity index (χ2n) is 5.98. The molecule has 118 valence electrons. The first-order valence-corrected chi connectivity index (χ1v) is 9.18. The van der Waals surface area contributed by atoms with Gasteiger partial charge in [-0.15, -0.1) is 0 Å². The number of hydrogen-bond donors (Lipinski definition) is 1. The van der Waals surface area contributed by atoms with Crippen molar-refractivity contribution in [1.29, 1.82) is 0 Å². The Balaban J connectivity index is 1.27. The predicted molar refractivity (Wildman–Crippen MR) is 89.4 cm³/mol. The maximum absolute atomic E-state index is 5.98. The molecular weight excluding hydrogens is 282 g/mol. The molecule has 2 aliphatic heterocycles. The molecule has 1 aromatic rings. The first-order valence-electron chi connectivity index (χ1n) is 8.23. The molecule has 5 heteroatoms. The highest BCUT2D eigenvalue weighted by atomic mass is 32.1. The fourth-order valence-corrected chi connectivity index (χ4v) is 3.83. The van der Waals surface area contributed by atoms with Crippen LogP contribution in [0, 0.1) is 0 Å². The molecule has 2 aliphatic rings. The van der Waals surface area contributed by atoms with Gasteiger partial charge in [0.2, 0.25) is 0 Å². The molecule has 0 spiro atoms. The van der Waals surface area contributed by atoms with E-state index in [9.17, 15) is 0 Å². The van der Waals surface area contributed by atoms with Crippen molar-refractivity contribution in [2.45, 2.75) is 25.4 Å². The average molecular weight is 309 g/mol. The van der Waals surface area contributed by atoms with Gasteiger partial charge in [-0.05, 0) is 43.8 Å². The van der Waals surface area contributed by atoms with Crippen molar-refractivity contribution in [2.75, 3.05) is 57.3 Å². The molecule has 1 N–H and O–H groups in total. The van der Waals surface area contributed by atoms with E-state index < -0.39 is 0 Å². The molecular formula is C16H27N3OS. The molecule has 0 unspecified atom stereocenters. The Kier molecular flexibility index (Phi) is 5.92. The fraction of sp³-hybridized carbons (Fsp3) is 0.750. The van der Waals surface area contributed by atoms with Crippen LogP contribution in [0.4, 0.5) is 5.69 Å². The first-order chi connectivity index (χ1) is 10.4. The van der Waals surface area contributed by atoms with E-state index in [0.29, 0.717) is 6.10 Å². The van der Waals surface area contributed by atoms with E-state index in [2.05, 4.69) is 31.9 Å². The van der Waals surface area contributed by atoms with Gasteiger partial charge in [-0.3, -0.25) is 4.90 Å². The van der Waals surface area contributed by atoms with Crippen LogP contribution in [0.15, 0.2) is 16.8 Å². The molecule has 0 aromatic carbocycles. The Morgan fingerprint density at radius 3 is 2.71 bits per heavy atom. The predicted octanol–water partition coefficient (Wildman–Crippen LogP) is 2.03. The summed E-state index contributed by atoms with van der Waals surface area (Å²) in [6, 6.07) is 2.23. The normalized spacial score (nSPS) is 21.8. The van der Waals surface area contributed by atoms with Gasteiger partial charge in [0.25, 0.3) is 0 Å². The number of nitrogens with one attached hydrogen (secondary N) is 1. The van der Waals surface area contributed by atoms with Crippen LogP contribution in [0.1, 0.15) is 19.3 Å². The fourth-order valence-electron chi connectivity index (χ4n) is 3.17. The van der Waals surface area contributed by atoms with Crippen molar-refractivity contribution < 1.29 is 4.74 Å². The Hall–Kier alpha value is -0.620. The second kappa shape index (κ2) is 8.13. The highest BCUT2D eigenvalue weighted by molar-refractivity contribution is 7.08. The van der Waals surface area contributed by atoms with E-state index in [1.54, 1.807) is 11.3 Å². The lowest BCUT2D eigenvalue weighted by molar-refractivity contribution is 0.0276. The smallest absolute Gasteiger partial charge is 0.0599 e. The lowest BCUT2D eigenvalue weighted by atomic mass is 10.1. The summed E-state index contributed by atoms with van der Waals surface area (Å²) in [5, 5.41) is 7.80. The van der Waals surface area contributed by atoms with Crippen molar-refractivity contribution in [3.05, 3.63) is 16.8 Å². The van der Waals surface area contributed by atoms with Crippen molar-refractivity contribution in [3.8, 4) is 0 Å². The van der Waals surface area contributed by atoms with E-state index in [4.69, 9.17) is 4.74 Å². The Labute approximate surface area is 132 Å². The summed E-state index contributed by atoms with van der Waals surface area (Å²) in [6.07, 6.45) is 4.03. The number of rotatable bonds is 6. The van der Waals surface area contributed by atoms with Gasteiger partial charge in [0.1, 0.15) is 0 Å². The lowest BCUT2D eigenvalue weighted by Gasteiger charge is -2.35. The van der Waals surface area contributed by atoms with Crippen LogP contribution in [0.5, 0.6) is 0 Å². The topological polar surface area (TPSA) is 27.7 Å². The van der Waals surface area contributed by atoms with Crippen LogP contribution in [0.3, 0.4) is 0 Å². The van der Waals surface area contributed by atoms with Gasteiger partial charge in [0, 0.05) is 50.4 Å². The summed E-state index contributed by atoms with van der Waals surface area (Å²) >= 11 is 1.79. The summed E-state index contributed by atoms with van der Waals surface area (Å²) in [6.45, 7) is 9.03. The van der Waals surface area contributed by atoms with Crippen LogP contribution in [-0.4, -0.2) is 63.4 Å². The van der Waals surface area contributed by atoms with Gasteiger partial charge in [0.15, 0.2) is 0 Å². The first kappa shape index (κ1) is 15.3. The van der Waals surface area contributed by atoms with Crippen molar-refractivity contribution in [1.82, 2.24) is 10.2 Å². The molecule has 3 rings (SSSR count). The zero-order valence-corrected chi connectivity index (χ0v) is 13.6. The molecule has 21 heavy (non-hydrogen) atoms. The number of piperidine rings is 1. The van der Waals surface area contributed by atoms with Crippen LogP contribution >= 0.6 is 11.3 Å². The maximum atomic E-state index is 5.98. The van der Waals surface area contributed by atoms with E-state index in [-0.39, 0.29) is 0 Å². The number of piperazine rings is 1. The third-order valence-electron chi connectivity index (χ3n) is 4.50. The number of nitrogens with zero attached hydrogens (tertiary/aromatic N) is 2.